The Labute approximate surface area is 163 Å². The maximum absolute atomic E-state index is 12.7. The lowest BCUT2D eigenvalue weighted by molar-refractivity contribution is -0.134. The van der Waals surface area contributed by atoms with Crippen molar-refractivity contribution >= 4 is 5.91 Å². The molecule has 7 heteroatoms. The highest BCUT2D eigenvalue weighted by Crippen LogP contribution is 2.41. The van der Waals surface area contributed by atoms with Gasteiger partial charge in [0, 0.05) is 30.6 Å². The Morgan fingerprint density at radius 2 is 2.18 bits per heavy atom. The summed E-state index contributed by atoms with van der Waals surface area (Å²) < 4.78 is 13.4. The van der Waals surface area contributed by atoms with Crippen LogP contribution in [0.15, 0.2) is 29.3 Å². The Balaban J connectivity index is 1.43. The number of hydrogen-bond acceptors (Lipinski definition) is 5. The van der Waals surface area contributed by atoms with Crippen LogP contribution in [-0.2, 0) is 30.7 Å². The normalized spacial score (nSPS) is 16.9. The molecule has 0 spiro atoms. The summed E-state index contributed by atoms with van der Waals surface area (Å²) in [5.41, 5.74) is 2.22. The van der Waals surface area contributed by atoms with Crippen LogP contribution in [0, 0.1) is 0 Å². The lowest BCUT2D eigenvalue weighted by Gasteiger charge is -2.28. The topological polar surface area (TPSA) is 73.7 Å². The fraction of sp³-hybridized carbons (Fsp3) is 0.476. The van der Waals surface area contributed by atoms with Crippen LogP contribution >= 0.6 is 0 Å². The minimum Gasteiger partial charge on any atom is -0.483 e. The first-order chi connectivity index (χ1) is 13.4. The molecule has 0 saturated heterocycles. The number of aromatic nitrogens is 2. The van der Waals surface area contributed by atoms with Crippen molar-refractivity contribution in [3.05, 3.63) is 51.7 Å². The van der Waals surface area contributed by atoms with E-state index in [2.05, 4.69) is 4.98 Å². The van der Waals surface area contributed by atoms with Crippen molar-refractivity contribution in [1.82, 2.24) is 14.5 Å². The summed E-state index contributed by atoms with van der Waals surface area (Å²) in [6.45, 7) is 7.34. The molecule has 4 rings (SSSR count). The molecule has 148 valence electrons. The molecule has 28 heavy (non-hydrogen) atoms. The summed E-state index contributed by atoms with van der Waals surface area (Å²) in [6, 6.07) is 5.77. The van der Waals surface area contributed by atoms with Gasteiger partial charge in [0.1, 0.15) is 5.60 Å². The molecule has 3 heterocycles. The van der Waals surface area contributed by atoms with Crippen molar-refractivity contribution in [3.8, 4) is 11.5 Å². The first-order valence-corrected chi connectivity index (χ1v) is 9.66. The number of nitrogens with zero attached hydrogens (tertiary/aromatic N) is 3. The number of carbonyl (C=O) groups is 1. The Morgan fingerprint density at radius 3 is 2.96 bits per heavy atom. The first kappa shape index (κ1) is 18.5. The van der Waals surface area contributed by atoms with Gasteiger partial charge < -0.3 is 14.4 Å². The van der Waals surface area contributed by atoms with Crippen molar-refractivity contribution in [2.45, 2.75) is 52.3 Å². The zero-order valence-electron chi connectivity index (χ0n) is 16.5. The molecule has 2 aliphatic heterocycles. The van der Waals surface area contributed by atoms with Gasteiger partial charge in [-0.1, -0.05) is 12.1 Å². The molecule has 0 unspecified atom stereocenters. The molecular weight excluding hydrogens is 358 g/mol. The summed E-state index contributed by atoms with van der Waals surface area (Å²) in [6.07, 6.45) is 2.89. The van der Waals surface area contributed by atoms with Gasteiger partial charge in [-0.2, -0.15) is 0 Å². The molecule has 0 N–H and O–H groups in total. The molecule has 0 saturated carbocycles. The average molecular weight is 383 g/mol. The molecule has 0 fully saturated rings. The zero-order chi connectivity index (χ0) is 19.9. The number of aryl methyl sites for hydroxylation is 1. The number of amides is 1. The largest absolute Gasteiger partial charge is 0.483 e. The number of rotatable bonds is 4. The van der Waals surface area contributed by atoms with Gasteiger partial charge in [-0.25, -0.2) is 4.98 Å². The van der Waals surface area contributed by atoms with Gasteiger partial charge in [-0.15, -0.1) is 0 Å². The van der Waals surface area contributed by atoms with Crippen LogP contribution in [0.4, 0.5) is 0 Å². The molecule has 0 radical (unpaired) electrons. The number of fused-ring (bicyclic) bond motifs is 2. The van der Waals surface area contributed by atoms with E-state index in [1.54, 1.807) is 15.8 Å². The SMILES string of the molecule is CCn1cnc2c(c1=O)CCN(C(=O)COc1cccc3c1OC(C)(C)C3)C2. The Bertz CT molecular complexity index is 980. The van der Waals surface area contributed by atoms with Gasteiger partial charge in [0.05, 0.1) is 18.6 Å². The second-order valence-corrected chi connectivity index (χ2v) is 7.90. The average Bonchev–Trinajstić information content (AvgIpc) is 3.00. The molecule has 2 aliphatic rings. The van der Waals surface area contributed by atoms with Crippen LogP contribution in [0.2, 0.25) is 0 Å². The Hall–Kier alpha value is -2.83. The molecule has 1 aromatic heterocycles. The number of hydrogen-bond donors (Lipinski definition) is 0. The number of ether oxygens (including phenoxy) is 2. The minimum atomic E-state index is -0.264. The highest BCUT2D eigenvalue weighted by Gasteiger charge is 2.32. The summed E-state index contributed by atoms with van der Waals surface area (Å²) in [5, 5.41) is 0. The molecule has 0 atom stereocenters. The smallest absolute Gasteiger partial charge is 0.260 e. The van der Waals surface area contributed by atoms with Gasteiger partial charge in [0.15, 0.2) is 18.1 Å². The summed E-state index contributed by atoms with van der Waals surface area (Å²) in [4.78, 5) is 31.1. The van der Waals surface area contributed by atoms with Crippen molar-refractivity contribution in [2.24, 2.45) is 0 Å². The Kier molecular flexibility index (Phi) is 4.61. The molecule has 2 aromatic rings. The van der Waals surface area contributed by atoms with Crippen molar-refractivity contribution in [1.29, 1.82) is 0 Å². The highest BCUT2D eigenvalue weighted by atomic mass is 16.5. The molecular formula is C21H25N3O4. The third-order valence-corrected chi connectivity index (χ3v) is 5.29. The third-order valence-electron chi connectivity index (χ3n) is 5.29. The van der Waals surface area contributed by atoms with Gasteiger partial charge in [-0.05, 0) is 33.3 Å². The van der Waals surface area contributed by atoms with Crippen LogP contribution in [0.5, 0.6) is 11.5 Å². The van der Waals surface area contributed by atoms with E-state index in [1.165, 1.54) is 0 Å². The van der Waals surface area contributed by atoms with E-state index in [0.29, 0.717) is 43.1 Å². The Morgan fingerprint density at radius 1 is 1.36 bits per heavy atom. The van der Waals surface area contributed by atoms with Crippen molar-refractivity contribution < 1.29 is 14.3 Å². The zero-order valence-corrected chi connectivity index (χ0v) is 16.5. The summed E-state index contributed by atoms with van der Waals surface area (Å²) in [5.74, 6) is 1.20. The van der Waals surface area contributed by atoms with Crippen LogP contribution in [0.25, 0.3) is 0 Å². The van der Waals surface area contributed by atoms with E-state index >= 15 is 0 Å². The maximum Gasteiger partial charge on any atom is 0.260 e. The van der Waals surface area contributed by atoms with Crippen molar-refractivity contribution in [2.75, 3.05) is 13.2 Å². The van der Waals surface area contributed by atoms with Crippen LogP contribution in [0.3, 0.4) is 0 Å². The molecule has 0 bridgehead atoms. The first-order valence-electron chi connectivity index (χ1n) is 9.66. The summed E-state index contributed by atoms with van der Waals surface area (Å²) in [7, 11) is 0. The van der Waals surface area contributed by atoms with Crippen LogP contribution in [-0.4, -0.2) is 39.1 Å². The van der Waals surface area contributed by atoms with E-state index in [4.69, 9.17) is 9.47 Å². The number of para-hydroxylation sites is 1. The second-order valence-electron chi connectivity index (χ2n) is 7.90. The van der Waals surface area contributed by atoms with E-state index in [0.717, 1.165) is 17.7 Å². The molecule has 7 nitrogen and oxygen atoms in total. The predicted molar refractivity (Wildman–Crippen MR) is 104 cm³/mol. The van der Waals surface area contributed by atoms with E-state index < -0.39 is 0 Å². The van der Waals surface area contributed by atoms with Gasteiger partial charge >= 0.3 is 0 Å². The van der Waals surface area contributed by atoms with Crippen molar-refractivity contribution in [3.63, 3.8) is 0 Å². The van der Waals surface area contributed by atoms with E-state index in [1.807, 2.05) is 39.0 Å². The monoisotopic (exact) mass is 383 g/mol. The quantitative estimate of drug-likeness (QED) is 0.807. The molecule has 1 aromatic carbocycles. The lowest BCUT2D eigenvalue weighted by Crippen LogP contribution is -2.42. The van der Waals surface area contributed by atoms with Crippen LogP contribution < -0.4 is 15.0 Å². The highest BCUT2D eigenvalue weighted by molar-refractivity contribution is 5.78. The van der Waals surface area contributed by atoms with Crippen LogP contribution in [0.1, 0.15) is 37.6 Å². The number of carbonyl (C=O) groups excluding carboxylic acids is 1. The number of benzene rings is 1. The van der Waals surface area contributed by atoms with E-state index in [-0.39, 0.29) is 23.7 Å². The van der Waals surface area contributed by atoms with Gasteiger partial charge in [-0.3, -0.25) is 14.2 Å². The summed E-state index contributed by atoms with van der Waals surface area (Å²) >= 11 is 0. The lowest BCUT2D eigenvalue weighted by atomic mass is 10.0. The second kappa shape index (κ2) is 6.96. The predicted octanol–water partition coefficient (Wildman–Crippen LogP) is 1.94. The fourth-order valence-corrected chi connectivity index (χ4v) is 3.83. The minimum absolute atomic E-state index is 0.00420. The van der Waals surface area contributed by atoms with Gasteiger partial charge in [0.25, 0.3) is 11.5 Å². The third kappa shape index (κ3) is 3.37. The molecule has 1 amide bonds. The maximum atomic E-state index is 12.7. The molecule has 0 aliphatic carbocycles. The van der Waals surface area contributed by atoms with E-state index in [9.17, 15) is 9.59 Å². The standard InChI is InChI=1S/C21H25N3O4/c1-4-23-13-22-16-11-24(9-8-15(16)20(23)26)18(25)12-27-17-7-5-6-14-10-21(2,3)28-19(14)17/h5-7,13H,4,8-12H2,1-3H3. The van der Waals surface area contributed by atoms with Gasteiger partial charge in [0.2, 0.25) is 0 Å². The fourth-order valence-electron chi connectivity index (χ4n) is 3.83.